The highest BCUT2D eigenvalue weighted by Gasteiger charge is 2.40. The first-order valence-corrected chi connectivity index (χ1v) is 25.7. The number of rotatable bonds is 12. The number of piperidine rings is 4. The van der Waals surface area contributed by atoms with Crippen molar-refractivity contribution in [2.75, 3.05) is 58.1 Å². The second kappa shape index (κ2) is 23.6. The van der Waals surface area contributed by atoms with Crippen molar-refractivity contribution < 1.29 is 51.3 Å². The topological polar surface area (TPSA) is 205 Å². The van der Waals surface area contributed by atoms with Crippen LogP contribution >= 0.6 is 0 Å². The average molecular weight is 1050 g/mol. The van der Waals surface area contributed by atoms with Gasteiger partial charge in [0.2, 0.25) is 11.8 Å². The average Bonchev–Trinajstić information content (AvgIpc) is 4.04. The van der Waals surface area contributed by atoms with Crippen molar-refractivity contribution >= 4 is 63.7 Å². The summed E-state index contributed by atoms with van der Waals surface area (Å²) >= 11 is 0. The molecule has 0 radical (unpaired) electrons. The number of carboxylic acids is 2. The number of nitrogens with zero attached hydrogens (tertiary/aromatic N) is 6. The summed E-state index contributed by atoms with van der Waals surface area (Å²) in [6.07, 6.45) is 12.7. The molecule has 10 rings (SSSR count). The number of halogens is 5. The van der Waals surface area contributed by atoms with E-state index in [-0.39, 0.29) is 40.7 Å². The first-order chi connectivity index (χ1) is 36.6. The Bertz CT molecular complexity index is 3090. The predicted molar refractivity (Wildman–Crippen MR) is 276 cm³/mol. The lowest BCUT2D eigenvalue weighted by molar-refractivity contribution is -0.148. The van der Waals surface area contributed by atoms with Crippen LogP contribution in [0.25, 0.3) is 34.1 Å². The fourth-order valence-corrected chi connectivity index (χ4v) is 11.7. The smallest absolute Gasteiger partial charge is 0.321 e. The van der Waals surface area contributed by atoms with E-state index in [0.717, 1.165) is 89.2 Å². The number of carbonyl (C=O) groups excluding carboxylic acids is 2. The Hall–Kier alpha value is -7.45. The molecular weight excluding hydrogens is 990 g/mol. The van der Waals surface area contributed by atoms with Crippen LogP contribution < -0.4 is 5.73 Å². The largest absolute Gasteiger partial charge is 0.480 e. The van der Waals surface area contributed by atoms with Gasteiger partial charge in [-0.15, -0.1) is 0 Å². The van der Waals surface area contributed by atoms with Crippen LogP contribution in [0, 0.1) is 40.9 Å². The fraction of sp³-hybridized carbons (Fsp3) is 0.393. The minimum atomic E-state index is -1.56. The van der Waals surface area contributed by atoms with Crippen LogP contribution in [0.2, 0.25) is 0 Å². The summed E-state index contributed by atoms with van der Waals surface area (Å²) in [6, 6.07) is 15.2. The molecule has 6 aromatic rings. The molecule has 3 aromatic heterocycles. The first-order valence-electron chi connectivity index (χ1n) is 25.7. The molecule has 20 heteroatoms. The quantitative estimate of drug-likeness (QED) is 0.0446. The number of hydrogen-bond acceptors (Lipinski definition) is 9. The summed E-state index contributed by atoms with van der Waals surface area (Å²) in [7, 11) is 0. The van der Waals surface area contributed by atoms with Gasteiger partial charge in [0.25, 0.3) is 0 Å². The fourth-order valence-electron chi connectivity index (χ4n) is 11.7. The van der Waals surface area contributed by atoms with E-state index in [2.05, 4.69) is 31.1 Å². The van der Waals surface area contributed by atoms with E-state index < -0.39 is 53.1 Å². The third kappa shape index (κ3) is 12.3. The van der Waals surface area contributed by atoms with Crippen molar-refractivity contribution in [3.63, 3.8) is 0 Å². The number of likely N-dealkylation sites (tertiary alicyclic amines) is 4. The molecule has 400 valence electrons. The molecule has 4 aliphatic heterocycles. The summed E-state index contributed by atoms with van der Waals surface area (Å²) in [5.74, 6) is -7.00. The van der Waals surface area contributed by atoms with Crippen molar-refractivity contribution in [3.8, 4) is 0 Å². The van der Waals surface area contributed by atoms with Crippen LogP contribution in [-0.4, -0.2) is 138 Å². The molecule has 0 saturated carbocycles. The van der Waals surface area contributed by atoms with E-state index in [1.165, 1.54) is 24.3 Å². The van der Waals surface area contributed by atoms with Crippen LogP contribution in [0.4, 0.5) is 27.8 Å². The zero-order valence-corrected chi connectivity index (χ0v) is 41.7. The van der Waals surface area contributed by atoms with Gasteiger partial charge >= 0.3 is 11.9 Å². The van der Waals surface area contributed by atoms with Crippen LogP contribution in [0.3, 0.4) is 0 Å². The van der Waals surface area contributed by atoms with Gasteiger partial charge in [-0.1, -0.05) is 18.2 Å². The lowest BCUT2D eigenvalue weighted by atomic mass is 9.85. The molecule has 4 aliphatic rings. The highest BCUT2D eigenvalue weighted by molar-refractivity contribution is 5.92. The first kappa shape index (κ1) is 53.4. The van der Waals surface area contributed by atoms with Gasteiger partial charge in [0.15, 0.2) is 17.5 Å². The molecule has 2 unspecified atom stereocenters. The number of nitrogens with one attached hydrogen (secondary N) is 2. The van der Waals surface area contributed by atoms with E-state index in [9.17, 15) is 51.3 Å². The zero-order valence-electron chi connectivity index (χ0n) is 41.7. The summed E-state index contributed by atoms with van der Waals surface area (Å²) in [5, 5.41) is 28.9. The van der Waals surface area contributed by atoms with E-state index in [0.29, 0.717) is 89.8 Å². The molecule has 4 fully saturated rings. The number of pyridine rings is 1. The molecule has 76 heavy (non-hydrogen) atoms. The van der Waals surface area contributed by atoms with Gasteiger partial charge in [0, 0.05) is 67.6 Å². The number of carboxylic acid groups (broad SMARTS) is 2. The van der Waals surface area contributed by atoms with E-state index >= 15 is 0 Å². The minimum Gasteiger partial charge on any atom is -0.480 e. The lowest BCUT2D eigenvalue weighted by Crippen LogP contribution is -2.52. The van der Waals surface area contributed by atoms with Gasteiger partial charge in [0.1, 0.15) is 29.5 Å². The SMILES string of the molecule is Nc1ccc2[nH]cc(C3CCN(C(C(=O)O)C4CCN(C(=O)/C=C/c5cc(F)c(F)c(F)c5)CC4)CC3)c2n1.O=C(O)C(C1CCN(C(=O)/C=C/c2cc(F)cc(F)c2)CC1)N1CCC(c2[nH]nc3ccccc23)CC1. The molecule has 7 heterocycles. The Morgan fingerprint density at radius 2 is 1.13 bits per heavy atom. The van der Waals surface area contributed by atoms with Gasteiger partial charge in [-0.3, -0.25) is 34.1 Å². The summed E-state index contributed by atoms with van der Waals surface area (Å²) in [5.41, 5.74) is 11.2. The molecule has 2 amide bonds. The Balaban J connectivity index is 0.000000186. The van der Waals surface area contributed by atoms with Crippen molar-refractivity contribution in [1.82, 2.24) is 39.8 Å². The number of nitrogens with two attached hydrogens (primary N) is 1. The predicted octanol–water partition coefficient (Wildman–Crippen LogP) is 8.57. The standard InChI is InChI=1S/C28H30F3N5O3.C28H30F2N4O3/c29-20-13-16(14-21(30)25(20)31)1-4-24(37)35-9-7-18(8-10-35)27(28(38)39)36-11-5-17(6-12-36)19-15-33-22-2-3-23(32)34-26(19)22;29-21-15-18(16-22(30)17-21)5-6-25(35)33-11-9-20(10-12-33)27(28(36)37)34-13-7-19(8-14-34)26-23-3-1-2-4-24(23)31-32-26/h1-4,13-15,17-18,27,33H,5-12H2,(H2,32,34)(H,38,39);1-6,15-17,19-20,27H,7-14H2,(H,31,32)(H,36,37)/b4-1+;6-5+. The summed E-state index contributed by atoms with van der Waals surface area (Å²) in [6.45, 7) is 4.33. The van der Waals surface area contributed by atoms with Gasteiger partial charge in [0.05, 0.1) is 16.6 Å². The van der Waals surface area contributed by atoms with Crippen molar-refractivity contribution in [2.45, 2.75) is 75.3 Å². The summed E-state index contributed by atoms with van der Waals surface area (Å²) < 4.78 is 66.7. The van der Waals surface area contributed by atoms with Gasteiger partial charge in [-0.25, -0.2) is 26.9 Å². The number of hydrogen-bond donors (Lipinski definition) is 5. The maximum absolute atomic E-state index is 13.4. The Morgan fingerprint density at radius 1 is 0.632 bits per heavy atom. The number of anilines is 1. The van der Waals surface area contributed by atoms with E-state index in [1.54, 1.807) is 15.9 Å². The molecule has 6 N–H and O–H groups in total. The number of H-pyrrole nitrogens is 2. The number of carbonyl (C=O) groups is 4. The number of aromatic amines is 2. The van der Waals surface area contributed by atoms with E-state index in [1.807, 2.05) is 35.4 Å². The third-order valence-corrected chi connectivity index (χ3v) is 15.6. The third-order valence-electron chi connectivity index (χ3n) is 15.6. The van der Waals surface area contributed by atoms with Gasteiger partial charge in [-0.2, -0.15) is 5.10 Å². The lowest BCUT2D eigenvalue weighted by Gasteiger charge is -2.41. The maximum atomic E-state index is 13.4. The van der Waals surface area contributed by atoms with Gasteiger partial charge in [-0.05, 0) is 167 Å². The minimum absolute atomic E-state index is 0.0378. The van der Waals surface area contributed by atoms with Crippen LogP contribution in [0.5, 0.6) is 0 Å². The number of nitrogen functional groups attached to an aromatic ring is 1. The maximum Gasteiger partial charge on any atom is 0.321 e. The van der Waals surface area contributed by atoms with Crippen molar-refractivity contribution in [2.24, 2.45) is 11.8 Å². The monoisotopic (exact) mass is 1050 g/mol. The normalized spacial score (nSPS) is 18.9. The van der Waals surface area contributed by atoms with Crippen LogP contribution in [0.1, 0.15) is 85.6 Å². The molecule has 3 aromatic carbocycles. The van der Waals surface area contributed by atoms with Gasteiger partial charge < -0.3 is 30.7 Å². The number of fused-ring (bicyclic) bond motifs is 2. The number of benzene rings is 3. The second-order valence-electron chi connectivity index (χ2n) is 20.2. The molecule has 0 bridgehead atoms. The van der Waals surface area contributed by atoms with E-state index in [4.69, 9.17) is 5.73 Å². The molecular formula is C56H60F5N9O6. The molecule has 15 nitrogen and oxygen atoms in total. The molecule has 2 atom stereocenters. The molecule has 0 spiro atoms. The van der Waals surface area contributed by atoms with Crippen LogP contribution in [-0.2, 0) is 19.2 Å². The number of amides is 2. The Labute approximate surface area is 435 Å². The Kier molecular flexibility index (Phi) is 16.6. The van der Waals surface area contributed by atoms with Crippen molar-refractivity contribution in [1.29, 1.82) is 0 Å². The number of aromatic nitrogens is 4. The Morgan fingerprint density at radius 3 is 1.66 bits per heavy atom. The highest BCUT2D eigenvalue weighted by Crippen LogP contribution is 2.37. The highest BCUT2D eigenvalue weighted by atomic mass is 19.2. The second-order valence-corrected chi connectivity index (χ2v) is 20.2. The van der Waals surface area contributed by atoms with Crippen LogP contribution in [0.15, 0.2) is 85.1 Å². The zero-order chi connectivity index (χ0) is 53.6. The molecule has 0 aliphatic carbocycles. The van der Waals surface area contributed by atoms with Crippen molar-refractivity contribution in [3.05, 3.63) is 137 Å². The molecule has 4 saturated heterocycles. The number of aliphatic carboxylic acids is 2. The summed E-state index contributed by atoms with van der Waals surface area (Å²) in [4.78, 5) is 65.0. The number of para-hydroxylation sites is 1.